The van der Waals surface area contributed by atoms with Gasteiger partial charge in [0.15, 0.2) is 5.65 Å². The number of pyridine rings is 1. The van der Waals surface area contributed by atoms with Crippen LogP contribution in [0.5, 0.6) is 0 Å². The van der Waals surface area contributed by atoms with Gasteiger partial charge in [-0.15, -0.1) is 0 Å². The van der Waals surface area contributed by atoms with Crippen molar-refractivity contribution in [3.05, 3.63) is 68.7 Å². The van der Waals surface area contributed by atoms with Gasteiger partial charge in [0.1, 0.15) is 6.54 Å². The lowest BCUT2D eigenvalue weighted by Crippen LogP contribution is -2.20. The van der Waals surface area contributed by atoms with Crippen molar-refractivity contribution in [2.75, 3.05) is 5.32 Å². The molecule has 11 heteroatoms. The van der Waals surface area contributed by atoms with Crippen LogP contribution in [0.25, 0.3) is 11.0 Å². The van der Waals surface area contributed by atoms with Crippen molar-refractivity contribution >= 4 is 38.6 Å². The predicted molar refractivity (Wildman–Crippen MR) is 126 cm³/mol. The number of halogens is 4. The van der Waals surface area contributed by atoms with Crippen LogP contribution in [-0.4, -0.2) is 30.5 Å². The van der Waals surface area contributed by atoms with Crippen LogP contribution in [-0.2, 0) is 24.1 Å². The molecule has 1 N–H and O–H groups in total. The molecule has 3 heterocycles. The number of aromatic nitrogens is 5. The Hall–Kier alpha value is -3.21. The minimum absolute atomic E-state index is 0.0313. The number of amides is 1. The molecule has 4 rings (SSSR count). The van der Waals surface area contributed by atoms with Gasteiger partial charge in [0.05, 0.1) is 39.0 Å². The summed E-state index contributed by atoms with van der Waals surface area (Å²) in [5, 5.41) is 11.4. The fourth-order valence-electron chi connectivity index (χ4n) is 3.90. The third kappa shape index (κ3) is 4.70. The number of aryl methyl sites for hydroxylation is 3. The van der Waals surface area contributed by atoms with E-state index in [0.717, 1.165) is 27.5 Å². The Bertz CT molecular complexity index is 1410. The molecule has 34 heavy (non-hydrogen) atoms. The van der Waals surface area contributed by atoms with Gasteiger partial charge in [0.2, 0.25) is 5.91 Å². The Kier molecular flexibility index (Phi) is 6.24. The van der Waals surface area contributed by atoms with E-state index >= 15 is 0 Å². The zero-order valence-electron chi connectivity index (χ0n) is 19.0. The molecule has 0 aliphatic heterocycles. The van der Waals surface area contributed by atoms with Crippen molar-refractivity contribution < 1.29 is 18.0 Å². The standard InChI is InChI=1S/C23H22BrF3N6O/c1-12-8-18(23(25,26)27)20-13(2)30-33(22(20)28-12)11-19(34)29-17-7-5-6-16(9-17)10-32-15(4)21(24)14(3)31-32/h5-9H,10-11H2,1-4H3,(H,29,34). The second-order valence-electron chi connectivity index (χ2n) is 8.14. The Balaban J connectivity index is 1.55. The van der Waals surface area contributed by atoms with Crippen molar-refractivity contribution in [1.29, 1.82) is 0 Å². The lowest BCUT2D eigenvalue weighted by Gasteiger charge is -2.11. The number of nitrogens with one attached hydrogen (secondary N) is 1. The number of anilines is 1. The van der Waals surface area contributed by atoms with Gasteiger partial charge in [-0.25, -0.2) is 9.67 Å². The summed E-state index contributed by atoms with van der Waals surface area (Å²) < 4.78 is 44.6. The molecule has 0 unspecified atom stereocenters. The van der Waals surface area contributed by atoms with Crippen LogP contribution < -0.4 is 5.32 Å². The first-order valence-electron chi connectivity index (χ1n) is 10.4. The van der Waals surface area contributed by atoms with Crippen molar-refractivity contribution in [2.45, 2.75) is 47.0 Å². The fourth-order valence-corrected chi connectivity index (χ4v) is 4.18. The molecule has 0 spiro atoms. The summed E-state index contributed by atoms with van der Waals surface area (Å²) in [5.41, 5.74) is 2.98. The van der Waals surface area contributed by atoms with Crippen molar-refractivity contribution in [2.24, 2.45) is 0 Å². The molecule has 0 radical (unpaired) electrons. The molecule has 1 aromatic carbocycles. The Labute approximate surface area is 202 Å². The van der Waals surface area contributed by atoms with E-state index in [9.17, 15) is 18.0 Å². The van der Waals surface area contributed by atoms with E-state index in [0.29, 0.717) is 12.2 Å². The Morgan fingerprint density at radius 1 is 1.06 bits per heavy atom. The van der Waals surface area contributed by atoms with Crippen LogP contribution in [0.2, 0.25) is 0 Å². The smallest absolute Gasteiger partial charge is 0.324 e. The second-order valence-corrected chi connectivity index (χ2v) is 8.93. The van der Waals surface area contributed by atoms with E-state index in [4.69, 9.17) is 0 Å². The summed E-state index contributed by atoms with van der Waals surface area (Å²) >= 11 is 3.51. The van der Waals surface area contributed by atoms with Crippen LogP contribution >= 0.6 is 15.9 Å². The lowest BCUT2D eigenvalue weighted by molar-refractivity contribution is -0.136. The number of rotatable bonds is 5. The quantitative estimate of drug-likeness (QED) is 0.375. The van der Waals surface area contributed by atoms with E-state index in [1.54, 1.807) is 6.07 Å². The first kappa shape index (κ1) is 23.9. The minimum Gasteiger partial charge on any atom is -0.324 e. The van der Waals surface area contributed by atoms with Crippen LogP contribution in [0.15, 0.2) is 34.8 Å². The van der Waals surface area contributed by atoms with E-state index in [-0.39, 0.29) is 29.0 Å². The van der Waals surface area contributed by atoms with Crippen molar-refractivity contribution in [3.63, 3.8) is 0 Å². The topological polar surface area (TPSA) is 77.6 Å². The van der Waals surface area contributed by atoms with Crippen LogP contribution in [0, 0.1) is 27.7 Å². The van der Waals surface area contributed by atoms with Gasteiger partial charge < -0.3 is 5.32 Å². The highest BCUT2D eigenvalue weighted by Gasteiger charge is 2.35. The van der Waals surface area contributed by atoms with Crippen LogP contribution in [0.1, 0.15) is 33.9 Å². The maximum atomic E-state index is 13.5. The molecule has 0 atom stereocenters. The molecule has 0 saturated heterocycles. The highest BCUT2D eigenvalue weighted by Crippen LogP contribution is 2.36. The number of carbonyl (C=O) groups excluding carboxylic acids is 1. The molecule has 0 saturated carbocycles. The normalized spacial score (nSPS) is 11.9. The number of benzene rings is 1. The Morgan fingerprint density at radius 2 is 1.76 bits per heavy atom. The first-order chi connectivity index (χ1) is 15.9. The van der Waals surface area contributed by atoms with Crippen molar-refractivity contribution in [1.82, 2.24) is 24.5 Å². The Morgan fingerprint density at radius 3 is 2.41 bits per heavy atom. The van der Waals surface area contributed by atoms with Gasteiger partial charge in [-0.2, -0.15) is 23.4 Å². The lowest BCUT2D eigenvalue weighted by atomic mass is 10.1. The van der Waals surface area contributed by atoms with Crippen LogP contribution in [0.4, 0.5) is 18.9 Å². The largest absolute Gasteiger partial charge is 0.417 e. The zero-order chi connectivity index (χ0) is 24.8. The monoisotopic (exact) mass is 534 g/mol. The average Bonchev–Trinajstić information content (AvgIpc) is 3.17. The molecule has 0 bridgehead atoms. The number of hydrogen-bond acceptors (Lipinski definition) is 4. The molecule has 3 aromatic heterocycles. The molecule has 1 amide bonds. The van der Waals surface area contributed by atoms with E-state index in [1.165, 1.54) is 18.5 Å². The highest BCUT2D eigenvalue weighted by atomic mass is 79.9. The SMILES string of the molecule is Cc1cc(C(F)(F)F)c2c(C)nn(CC(=O)Nc3cccc(Cn4nc(C)c(Br)c4C)c3)c2n1. The third-order valence-electron chi connectivity index (χ3n) is 5.44. The molecule has 0 fully saturated rings. The number of carbonyl (C=O) groups is 1. The summed E-state index contributed by atoms with van der Waals surface area (Å²) in [6.07, 6.45) is -4.55. The predicted octanol–water partition coefficient (Wildman–Crippen LogP) is 5.33. The maximum Gasteiger partial charge on any atom is 0.417 e. The molecule has 178 valence electrons. The minimum atomic E-state index is -4.55. The second kappa shape index (κ2) is 8.86. The molecule has 4 aromatic rings. The summed E-state index contributed by atoms with van der Waals surface area (Å²) in [4.78, 5) is 16.9. The molecular formula is C23H22BrF3N6O. The van der Waals surface area contributed by atoms with Crippen molar-refractivity contribution in [3.8, 4) is 0 Å². The van der Waals surface area contributed by atoms with Gasteiger partial charge in [-0.05, 0) is 67.4 Å². The van der Waals surface area contributed by atoms with Gasteiger partial charge in [0.25, 0.3) is 0 Å². The van der Waals surface area contributed by atoms with Gasteiger partial charge >= 0.3 is 6.18 Å². The summed E-state index contributed by atoms with van der Waals surface area (Å²) in [7, 11) is 0. The third-order valence-corrected chi connectivity index (χ3v) is 6.59. The van der Waals surface area contributed by atoms with E-state index < -0.39 is 17.6 Å². The molecule has 0 aliphatic rings. The maximum absolute atomic E-state index is 13.5. The number of hydrogen-bond donors (Lipinski definition) is 1. The molecule has 7 nitrogen and oxygen atoms in total. The zero-order valence-corrected chi connectivity index (χ0v) is 20.5. The summed E-state index contributed by atoms with van der Waals surface area (Å²) in [5.74, 6) is -0.424. The first-order valence-corrected chi connectivity index (χ1v) is 11.2. The summed E-state index contributed by atoms with van der Waals surface area (Å²) in [6, 6.07) is 8.32. The van der Waals surface area contributed by atoms with E-state index in [2.05, 4.69) is 36.4 Å². The number of nitrogens with zero attached hydrogens (tertiary/aromatic N) is 5. The number of fused-ring (bicyclic) bond motifs is 1. The number of alkyl halides is 3. The fraction of sp³-hybridized carbons (Fsp3) is 0.304. The van der Waals surface area contributed by atoms with Crippen LogP contribution in [0.3, 0.4) is 0 Å². The highest BCUT2D eigenvalue weighted by molar-refractivity contribution is 9.10. The summed E-state index contributed by atoms with van der Waals surface area (Å²) in [6.45, 7) is 7.09. The average molecular weight is 535 g/mol. The molecule has 0 aliphatic carbocycles. The van der Waals surface area contributed by atoms with E-state index in [1.807, 2.05) is 36.7 Å². The van der Waals surface area contributed by atoms with Gasteiger partial charge in [0, 0.05) is 11.4 Å². The molecular weight excluding hydrogens is 513 g/mol. The van der Waals surface area contributed by atoms with Gasteiger partial charge in [-0.3, -0.25) is 9.48 Å². The van der Waals surface area contributed by atoms with Gasteiger partial charge in [-0.1, -0.05) is 12.1 Å².